The molecule has 0 aliphatic carbocycles. The van der Waals surface area contributed by atoms with E-state index in [-0.39, 0.29) is 16.5 Å². The average Bonchev–Trinajstić information content (AvgIpc) is 2.53. The second kappa shape index (κ2) is 6.75. The molecule has 0 spiro atoms. The minimum Gasteiger partial charge on any atom is -0.433 e. The van der Waals surface area contributed by atoms with E-state index in [9.17, 15) is 20.2 Å². The number of benzene rings is 1. The monoisotopic (exact) mass is 348 g/mol. The van der Waals surface area contributed by atoms with Gasteiger partial charge in [-0.2, -0.15) is 15.2 Å². The van der Waals surface area contributed by atoms with Crippen molar-refractivity contribution in [1.29, 1.82) is 5.26 Å². The van der Waals surface area contributed by atoms with E-state index >= 15 is 0 Å². The van der Waals surface area contributed by atoms with Crippen molar-refractivity contribution in [2.75, 3.05) is 12.0 Å². The number of nitrogens with zero attached hydrogens (tertiary/aromatic N) is 5. The number of nitrogens with two attached hydrogens (primary N) is 1. The summed E-state index contributed by atoms with van der Waals surface area (Å²) >= 11 is 1.09. The van der Waals surface area contributed by atoms with Crippen LogP contribution in [0.1, 0.15) is 5.56 Å². The molecule has 12 heteroatoms. The molecule has 0 bridgehead atoms. The third-order valence-electron chi connectivity index (χ3n) is 2.72. The molecule has 0 atom stereocenters. The van der Waals surface area contributed by atoms with Gasteiger partial charge in [-0.25, -0.2) is 0 Å². The lowest BCUT2D eigenvalue weighted by molar-refractivity contribution is -0.385. The first-order valence-corrected chi connectivity index (χ1v) is 7.32. The van der Waals surface area contributed by atoms with Crippen LogP contribution < -0.4 is 10.5 Å². The van der Waals surface area contributed by atoms with E-state index < -0.39 is 32.9 Å². The van der Waals surface area contributed by atoms with Gasteiger partial charge in [0.25, 0.3) is 5.69 Å². The van der Waals surface area contributed by atoms with Crippen LogP contribution in [-0.4, -0.2) is 26.1 Å². The lowest BCUT2D eigenvalue weighted by atomic mass is 10.2. The lowest BCUT2D eigenvalue weighted by Crippen LogP contribution is -2.05. The molecule has 1 heterocycles. The molecule has 2 aromatic rings. The van der Waals surface area contributed by atoms with Crippen molar-refractivity contribution < 1.29 is 14.6 Å². The van der Waals surface area contributed by atoms with Crippen molar-refractivity contribution in [1.82, 2.24) is 9.97 Å². The maximum atomic E-state index is 11.1. The van der Waals surface area contributed by atoms with Crippen LogP contribution in [0.15, 0.2) is 23.4 Å². The van der Waals surface area contributed by atoms with Crippen LogP contribution in [0.3, 0.4) is 0 Å². The number of nitro benzene ring substituents is 1. The highest BCUT2D eigenvalue weighted by atomic mass is 32.2. The molecular weight excluding hydrogens is 340 g/mol. The Kier molecular flexibility index (Phi) is 4.76. The molecule has 11 nitrogen and oxygen atoms in total. The summed E-state index contributed by atoms with van der Waals surface area (Å²) in [6.07, 6.45) is 1.64. The maximum absolute atomic E-state index is 11.1. The second-order valence-corrected chi connectivity index (χ2v) is 4.93. The maximum Gasteiger partial charge on any atom is 0.373 e. The third-order valence-corrected chi connectivity index (χ3v) is 3.27. The largest absolute Gasteiger partial charge is 0.433 e. The Hall–Kier alpha value is -3.46. The normalized spacial score (nSPS) is 10.0. The fourth-order valence-corrected chi connectivity index (χ4v) is 2.06. The van der Waals surface area contributed by atoms with Gasteiger partial charge in [0.05, 0.1) is 15.9 Å². The molecule has 0 radical (unpaired) electrons. The molecule has 1 aromatic heterocycles. The van der Waals surface area contributed by atoms with E-state index in [0.29, 0.717) is 0 Å². The topological polar surface area (TPSA) is 171 Å². The van der Waals surface area contributed by atoms with Crippen molar-refractivity contribution in [2.24, 2.45) is 0 Å². The molecule has 0 aliphatic rings. The van der Waals surface area contributed by atoms with Gasteiger partial charge in [0.2, 0.25) is 5.82 Å². The van der Waals surface area contributed by atoms with Gasteiger partial charge < -0.3 is 10.5 Å². The number of rotatable bonds is 5. The quantitative estimate of drug-likeness (QED) is 0.365. The molecule has 0 saturated carbocycles. The van der Waals surface area contributed by atoms with E-state index in [1.54, 1.807) is 12.3 Å². The van der Waals surface area contributed by atoms with Gasteiger partial charge in [0.15, 0.2) is 5.16 Å². The Morgan fingerprint density at radius 3 is 2.54 bits per heavy atom. The molecule has 0 aliphatic heterocycles. The van der Waals surface area contributed by atoms with E-state index in [1.807, 2.05) is 0 Å². The Labute approximate surface area is 138 Å². The van der Waals surface area contributed by atoms with Gasteiger partial charge in [-0.3, -0.25) is 20.2 Å². The molecule has 1 aromatic carbocycles. The van der Waals surface area contributed by atoms with Gasteiger partial charge in [0.1, 0.15) is 17.4 Å². The van der Waals surface area contributed by atoms with E-state index in [2.05, 4.69) is 9.97 Å². The predicted molar refractivity (Wildman–Crippen MR) is 82.8 cm³/mol. The summed E-state index contributed by atoms with van der Waals surface area (Å²) in [6, 6.07) is 5.06. The molecule has 122 valence electrons. The molecule has 2 N–H and O–H groups in total. The van der Waals surface area contributed by atoms with E-state index in [4.69, 9.17) is 15.7 Å². The summed E-state index contributed by atoms with van der Waals surface area (Å²) in [5, 5.41) is 31.1. The van der Waals surface area contributed by atoms with Crippen LogP contribution in [0.2, 0.25) is 0 Å². The minimum absolute atomic E-state index is 0.103. The summed E-state index contributed by atoms with van der Waals surface area (Å²) in [7, 11) is 0. The molecule has 0 saturated heterocycles. The predicted octanol–water partition coefficient (Wildman–Crippen LogP) is 2.26. The number of hydrogen-bond donors (Lipinski definition) is 1. The highest BCUT2D eigenvalue weighted by molar-refractivity contribution is 7.98. The van der Waals surface area contributed by atoms with E-state index in [0.717, 1.165) is 17.8 Å². The van der Waals surface area contributed by atoms with E-state index in [1.165, 1.54) is 12.1 Å². The zero-order chi connectivity index (χ0) is 17.9. The Balaban J connectivity index is 2.54. The van der Waals surface area contributed by atoms with Crippen LogP contribution in [-0.2, 0) is 0 Å². The number of nitro groups is 2. The first kappa shape index (κ1) is 16.9. The summed E-state index contributed by atoms with van der Waals surface area (Å²) in [4.78, 5) is 28.1. The smallest absolute Gasteiger partial charge is 0.373 e. The van der Waals surface area contributed by atoms with Crippen molar-refractivity contribution in [3.63, 3.8) is 0 Å². The van der Waals surface area contributed by atoms with Crippen molar-refractivity contribution in [2.45, 2.75) is 5.16 Å². The average molecular weight is 348 g/mol. The minimum atomic E-state index is -0.813. The summed E-state index contributed by atoms with van der Waals surface area (Å²) < 4.78 is 5.28. The Bertz CT molecular complexity index is 881. The number of thioether (sulfide) groups is 1. The van der Waals surface area contributed by atoms with Crippen LogP contribution >= 0.6 is 11.8 Å². The zero-order valence-electron chi connectivity index (χ0n) is 12.0. The van der Waals surface area contributed by atoms with Gasteiger partial charge >= 0.3 is 11.6 Å². The van der Waals surface area contributed by atoms with Crippen molar-refractivity contribution >= 4 is 29.0 Å². The number of ether oxygens (including phenoxy) is 1. The van der Waals surface area contributed by atoms with Gasteiger partial charge in [0, 0.05) is 0 Å². The van der Waals surface area contributed by atoms with Gasteiger partial charge in [-0.15, -0.1) is 0 Å². The molecule has 0 fully saturated rings. The first-order valence-electron chi connectivity index (χ1n) is 6.09. The molecule has 2 rings (SSSR count). The number of hydrogen-bond acceptors (Lipinski definition) is 10. The van der Waals surface area contributed by atoms with Gasteiger partial charge in [-0.1, -0.05) is 11.8 Å². The summed E-state index contributed by atoms with van der Waals surface area (Å²) in [6.45, 7) is 0. The summed E-state index contributed by atoms with van der Waals surface area (Å²) in [5.41, 5.74) is 4.22. The third kappa shape index (κ3) is 3.31. The van der Waals surface area contributed by atoms with Crippen LogP contribution in [0, 0.1) is 31.6 Å². The second-order valence-electron chi connectivity index (χ2n) is 4.16. The molecule has 0 unspecified atom stereocenters. The molecule has 0 amide bonds. The fourth-order valence-electron chi connectivity index (χ4n) is 1.70. The van der Waals surface area contributed by atoms with Crippen molar-refractivity contribution in [3.05, 3.63) is 44.0 Å². The lowest BCUT2D eigenvalue weighted by Gasteiger charge is -2.08. The molecular formula is C12H8N6O5S. The number of aromatic nitrogens is 2. The fraction of sp³-hybridized carbons (Fsp3) is 0.0833. The van der Waals surface area contributed by atoms with Crippen LogP contribution in [0.4, 0.5) is 17.2 Å². The van der Waals surface area contributed by atoms with Gasteiger partial charge in [-0.05, 0) is 18.4 Å². The highest BCUT2D eigenvalue weighted by Crippen LogP contribution is 2.36. The first-order chi connectivity index (χ1) is 11.4. The van der Waals surface area contributed by atoms with Crippen molar-refractivity contribution in [3.8, 4) is 17.7 Å². The standard InChI is InChI=1S/C12H8N6O5S/c1-24-12-15-10(14)9(18(21)22)11(16-12)23-7-3-2-6(5-13)8(4-7)17(19)20/h2-4H,1H3,(H2,14,15,16). The van der Waals surface area contributed by atoms with Crippen LogP contribution in [0.5, 0.6) is 11.6 Å². The molecule has 24 heavy (non-hydrogen) atoms. The number of anilines is 1. The SMILES string of the molecule is CSc1nc(N)c([N+](=O)[O-])c(Oc2ccc(C#N)c([N+](=O)[O-])c2)n1. The van der Waals surface area contributed by atoms with Crippen LogP contribution in [0.25, 0.3) is 0 Å². The highest BCUT2D eigenvalue weighted by Gasteiger charge is 2.26. The summed E-state index contributed by atoms with van der Waals surface area (Å²) in [5.74, 6) is -0.942. The Morgan fingerprint density at radius 2 is 2.00 bits per heavy atom. The number of nitrogen functional groups attached to an aromatic ring is 1. The number of nitriles is 1. The Morgan fingerprint density at radius 1 is 1.29 bits per heavy atom. The zero-order valence-corrected chi connectivity index (χ0v) is 12.8.